The first-order valence-corrected chi connectivity index (χ1v) is 7.51. The summed E-state index contributed by atoms with van der Waals surface area (Å²) in [5.74, 6) is 0.0876. The van der Waals surface area contributed by atoms with Crippen LogP contribution in [-0.4, -0.2) is 29.9 Å². The van der Waals surface area contributed by atoms with Gasteiger partial charge in [-0.05, 0) is 25.0 Å². The van der Waals surface area contributed by atoms with Crippen LogP contribution >= 0.6 is 25.3 Å². The molecule has 1 atom stereocenters. The Balaban J connectivity index is 3.56. The highest BCUT2D eigenvalue weighted by atomic mass is 32.2. The quantitative estimate of drug-likeness (QED) is 0.306. The predicted molar refractivity (Wildman–Crippen MR) is 69.4 cm³/mol. The van der Waals surface area contributed by atoms with Gasteiger partial charge in [0, 0.05) is 11.7 Å². The van der Waals surface area contributed by atoms with Crippen molar-refractivity contribution < 1.29 is 17.8 Å². The number of rotatable bonds is 8. The SMILES string of the molecule is O=C(CCCCC(S)CCS)NS(=O)(=O)O. The molecule has 0 fully saturated rings. The van der Waals surface area contributed by atoms with Crippen molar-refractivity contribution in [2.45, 2.75) is 37.4 Å². The van der Waals surface area contributed by atoms with E-state index in [-0.39, 0.29) is 11.7 Å². The monoisotopic (exact) mass is 287 g/mol. The molecule has 16 heavy (non-hydrogen) atoms. The molecular formula is C8H17NO4S3. The van der Waals surface area contributed by atoms with Crippen molar-refractivity contribution in [1.29, 1.82) is 0 Å². The third-order valence-electron chi connectivity index (χ3n) is 1.90. The normalized spacial score (nSPS) is 13.4. The fourth-order valence-electron chi connectivity index (χ4n) is 1.15. The van der Waals surface area contributed by atoms with Gasteiger partial charge in [-0.3, -0.25) is 9.35 Å². The van der Waals surface area contributed by atoms with Gasteiger partial charge in [0.05, 0.1) is 0 Å². The van der Waals surface area contributed by atoms with Gasteiger partial charge in [0.15, 0.2) is 0 Å². The molecule has 0 saturated heterocycles. The number of nitrogens with one attached hydrogen (secondary N) is 1. The van der Waals surface area contributed by atoms with Crippen molar-refractivity contribution in [3.05, 3.63) is 0 Å². The van der Waals surface area contributed by atoms with E-state index < -0.39 is 16.2 Å². The van der Waals surface area contributed by atoms with Crippen LogP contribution in [0.3, 0.4) is 0 Å². The Kier molecular flexibility index (Phi) is 8.25. The molecule has 0 aromatic heterocycles. The predicted octanol–water partition coefficient (Wildman–Crippen LogP) is 1.08. The summed E-state index contributed by atoms with van der Waals surface area (Å²) in [6, 6.07) is 0. The fraction of sp³-hybridized carbons (Fsp3) is 0.875. The molecule has 0 saturated carbocycles. The third-order valence-corrected chi connectivity index (χ3v) is 3.16. The van der Waals surface area contributed by atoms with Crippen LogP contribution in [0.1, 0.15) is 32.1 Å². The van der Waals surface area contributed by atoms with Gasteiger partial charge in [-0.1, -0.05) is 6.42 Å². The topological polar surface area (TPSA) is 83.5 Å². The van der Waals surface area contributed by atoms with Gasteiger partial charge in [0.2, 0.25) is 5.91 Å². The van der Waals surface area contributed by atoms with Gasteiger partial charge in [0.1, 0.15) is 0 Å². The zero-order chi connectivity index (χ0) is 12.6. The average molecular weight is 287 g/mol. The molecule has 0 heterocycles. The Morgan fingerprint density at radius 1 is 1.31 bits per heavy atom. The molecule has 8 heteroatoms. The van der Waals surface area contributed by atoms with E-state index in [0.717, 1.165) is 25.0 Å². The second kappa shape index (κ2) is 8.21. The van der Waals surface area contributed by atoms with Crippen LogP contribution in [0.4, 0.5) is 0 Å². The molecule has 1 amide bonds. The Hall–Kier alpha value is 0.0800. The zero-order valence-corrected chi connectivity index (χ0v) is 11.4. The number of hydrogen-bond donors (Lipinski definition) is 4. The fourth-order valence-corrected chi connectivity index (χ4v) is 2.37. The Bertz CT molecular complexity index is 304. The van der Waals surface area contributed by atoms with Crippen LogP contribution in [0.15, 0.2) is 0 Å². The first kappa shape index (κ1) is 16.1. The zero-order valence-electron chi connectivity index (χ0n) is 8.79. The molecule has 0 aliphatic rings. The van der Waals surface area contributed by atoms with Crippen LogP contribution in [0.2, 0.25) is 0 Å². The molecule has 0 aliphatic carbocycles. The maximum Gasteiger partial charge on any atom is 0.359 e. The number of carbonyl (C=O) groups excluding carboxylic acids is 1. The minimum atomic E-state index is -4.41. The summed E-state index contributed by atoms with van der Waals surface area (Å²) in [6.45, 7) is 0. The Morgan fingerprint density at radius 2 is 1.94 bits per heavy atom. The molecular weight excluding hydrogens is 270 g/mol. The van der Waals surface area contributed by atoms with Crippen molar-refractivity contribution in [3.8, 4) is 0 Å². The van der Waals surface area contributed by atoms with E-state index in [1.165, 1.54) is 4.72 Å². The minimum Gasteiger partial charge on any atom is -0.274 e. The van der Waals surface area contributed by atoms with Gasteiger partial charge in [-0.25, -0.2) is 4.72 Å². The molecule has 2 N–H and O–H groups in total. The number of amides is 1. The van der Waals surface area contributed by atoms with Gasteiger partial charge in [0.25, 0.3) is 0 Å². The molecule has 5 nitrogen and oxygen atoms in total. The number of hydrogen-bond acceptors (Lipinski definition) is 5. The summed E-state index contributed by atoms with van der Waals surface area (Å²) in [5, 5.41) is 0.266. The second-order valence-electron chi connectivity index (χ2n) is 3.41. The largest absolute Gasteiger partial charge is 0.359 e. The van der Waals surface area contributed by atoms with E-state index in [1.54, 1.807) is 0 Å². The lowest BCUT2D eigenvalue weighted by molar-refractivity contribution is -0.119. The molecule has 96 valence electrons. The number of carbonyl (C=O) groups is 1. The highest BCUT2D eigenvalue weighted by Crippen LogP contribution is 2.12. The maximum atomic E-state index is 10.9. The van der Waals surface area contributed by atoms with Crippen molar-refractivity contribution >= 4 is 41.5 Å². The highest BCUT2D eigenvalue weighted by Gasteiger charge is 2.09. The van der Waals surface area contributed by atoms with Gasteiger partial charge in [-0.2, -0.15) is 33.7 Å². The molecule has 0 radical (unpaired) electrons. The van der Waals surface area contributed by atoms with Crippen LogP contribution in [-0.2, 0) is 15.1 Å². The van der Waals surface area contributed by atoms with E-state index in [2.05, 4.69) is 25.3 Å². The molecule has 0 bridgehead atoms. The summed E-state index contributed by atoms with van der Waals surface area (Å²) in [4.78, 5) is 10.9. The third kappa shape index (κ3) is 10.6. The number of unbranched alkanes of at least 4 members (excludes halogenated alkanes) is 1. The molecule has 0 spiro atoms. The maximum absolute atomic E-state index is 10.9. The minimum absolute atomic E-state index is 0.0845. The molecule has 0 aromatic carbocycles. The van der Waals surface area contributed by atoms with E-state index in [1.807, 2.05) is 0 Å². The van der Waals surface area contributed by atoms with Crippen molar-refractivity contribution in [3.63, 3.8) is 0 Å². The van der Waals surface area contributed by atoms with Gasteiger partial charge >= 0.3 is 10.3 Å². The summed E-state index contributed by atoms with van der Waals surface area (Å²) in [5.41, 5.74) is 0. The molecule has 0 aliphatic heterocycles. The van der Waals surface area contributed by atoms with Gasteiger partial charge in [-0.15, -0.1) is 0 Å². The lowest BCUT2D eigenvalue weighted by Gasteiger charge is -2.07. The highest BCUT2D eigenvalue weighted by molar-refractivity contribution is 7.84. The first-order chi connectivity index (χ1) is 7.35. The van der Waals surface area contributed by atoms with E-state index in [0.29, 0.717) is 6.42 Å². The standard InChI is InChI=1S/C8H17NO4S3/c10-8(9-16(11,12)13)4-2-1-3-7(15)5-6-14/h7,14-15H,1-6H2,(H,9,10)(H,11,12,13). The van der Waals surface area contributed by atoms with Crippen molar-refractivity contribution in [2.24, 2.45) is 0 Å². The Labute approximate surface area is 107 Å². The number of thiol groups is 2. The van der Waals surface area contributed by atoms with Crippen LogP contribution in [0.5, 0.6) is 0 Å². The molecule has 1 unspecified atom stereocenters. The van der Waals surface area contributed by atoms with Crippen LogP contribution < -0.4 is 4.72 Å². The molecule has 0 aromatic rings. The Morgan fingerprint density at radius 3 is 2.44 bits per heavy atom. The lowest BCUT2D eigenvalue weighted by Crippen LogP contribution is -2.29. The van der Waals surface area contributed by atoms with Crippen molar-refractivity contribution in [2.75, 3.05) is 5.75 Å². The van der Waals surface area contributed by atoms with Crippen molar-refractivity contribution in [1.82, 2.24) is 4.72 Å². The van der Waals surface area contributed by atoms with E-state index >= 15 is 0 Å². The summed E-state index contributed by atoms with van der Waals surface area (Å²) in [7, 11) is -4.41. The summed E-state index contributed by atoms with van der Waals surface area (Å²) in [6.07, 6.45) is 3.22. The summed E-state index contributed by atoms with van der Waals surface area (Å²) >= 11 is 8.40. The smallest absolute Gasteiger partial charge is 0.274 e. The van der Waals surface area contributed by atoms with Gasteiger partial charge < -0.3 is 0 Å². The molecule has 0 rings (SSSR count). The summed E-state index contributed by atoms with van der Waals surface area (Å²) < 4.78 is 30.4. The lowest BCUT2D eigenvalue weighted by atomic mass is 10.1. The van der Waals surface area contributed by atoms with Crippen LogP contribution in [0.25, 0.3) is 0 Å². The van der Waals surface area contributed by atoms with E-state index in [4.69, 9.17) is 4.55 Å². The average Bonchev–Trinajstić information content (AvgIpc) is 2.10. The first-order valence-electron chi connectivity index (χ1n) is 4.92. The van der Waals surface area contributed by atoms with Crippen LogP contribution in [0, 0.1) is 0 Å². The van der Waals surface area contributed by atoms with E-state index in [9.17, 15) is 13.2 Å². The second-order valence-corrected chi connectivity index (χ2v) is 5.74.